The van der Waals surface area contributed by atoms with Crippen molar-refractivity contribution in [2.45, 2.75) is 26.6 Å². The molecule has 0 N–H and O–H groups in total. The van der Waals surface area contributed by atoms with Crippen LogP contribution >= 0.6 is 12.2 Å². The van der Waals surface area contributed by atoms with Crippen LogP contribution in [0.1, 0.15) is 19.9 Å². The van der Waals surface area contributed by atoms with Crippen molar-refractivity contribution in [1.29, 1.82) is 0 Å². The molecule has 0 aliphatic carbocycles. The van der Waals surface area contributed by atoms with E-state index < -0.39 is 0 Å². The Bertz CT molecular complexity index is 790. The summed E-state index contributed by atoms with van der Waals surface area (Å²) in [5.41, 5.74) is 1.14. The molecule has 2 heterocycles. The van der Waals surface area contributed by atoms with Crippen LogP contribution in [0.15, 0.2) is 30.6 Å². The lowest BCUT2D eigenvalue weighted by Crippen LogP contribution is -2.47. The Labute approximate surface area is 151 Å². The summed E-state index contributed by atoms with van der Waals surface area (Å²) >= 11 is 5.47. The van der Waals surface area contributed by atoms with Crippen molar-refractivity contribution in [3.8, 4) is 0 Å². The number of nitro groups is 1. The first kappa shape index (κ1) is 17.6. The number of aromatic nitrogens is 3. The Kier molecular flexibility index (Phi) is 5.14. The van der Waals surface area contributed by atoms with Crippen molar-refractivity contribution >= 4 is 23.6 Å². The number of non-ortho nitro benzene ring substituents is 1. The zero-order valence-electron chi connectivity index (χ0n) is 14.4. The van der Waals surface area contributed by atoms with Gasteiger partial charge in [-0.15, -0.1) is 0 Å². The predicted octanol–water partition coefficient (Wildman–Crippen LogP) is 2.68. The average molecular weight is 362 g/mol. The maximum atomic E-state index is 10.7. The molecule has 0 amide bonds. The molecule has 0 radical (unpaired) electrons. The SMILES string of the molecule is CC(C)n1cnn(CN2CCN(c3ccc([N+](=O)[O-])cc3)CC2)c1=S. The van der Waals surface area contributed by atoms with E-state index in [9.17, 15) is 10.1 Å². The van der Waals surface area contributed by atoms with Gasteiger partial charge in [0.15, 0.2) is 4.77 Å². The number of nitrogens with zero attached hydrogens (tertiary/aromatic N) is 6. The van der Waals surface area contributed by atoms with Gasteiger partial charge in [0.2, 0.25) is 0 Å². The van der Waals surface area contributed by atoms with Gasteiger partial charge in [0.25, 0.3) is 5.69 Å². The molecule has 0 bridgehead atoms. The third kappa shape index (κ3) is 3.88. The van der Waals surface area contributed by atoms with Crippen LogP contribution in [-0.4, -0.2) is 50.3 Å². The summed E-state index contributed by atoms with van der Waals surface area (Å²) in [6.45, 7) is 8.40. The van der Waals surface area contributed by atoms with Gasteiger partial charge < -0.3 is 9.47 Å². The Hall–Kier alpha value is -2.26. The molecule has 3 rings (SSSR count). The number of rotatable bonds is 5. The van der Waals surface area contributed by atoms with Crippen LogP contribution in [0.3, 0.4) is 0 Å². The number of anilines is 1. The van der Waals surface area contributed by atoms with Gasteiger partial charge in [0.05, 0.1) is 11.6 Å². The lowest BCUT2D eigenvalue weighted by atomic mass is 10.2. The Balaban J connectivity index is 1.58. The number of hydrogen-bond donors (Lipinski definition) is 0. The van der Waals surface area contributed by atoms with E-state index in [4.69, 9.17) is 12.2 Å². The third-order valence-corrected chi connectivity index (χ3v) is 4.87. The second kappa shape index (κ2) is 7.32. The van der Waals surface area contributed by atoms with Gasteiger partial charge in [-0.2, -0.15) is 5.10 Å². The highest BCUT2D eigenvalue weighted by Gasteiger charge is 2.19. The molecule has 0 unspecified atom stereocenters. The minimum absolute atomic E-state index is 0.123. The van der Waals surface area contributed by atoms with Gasteiger partial charge in [0, 0.05) is 50.0 Å². The summed E-state index contributed by atoms with van der Waals surface area (Å²) in [6.07, 6.45) is 1.79. The topological polar surface area (TPSA) is 72.4 Å². The van der Waals surface area contributed by atoms with Crippen LogP contribution in [0.5, 0.6) is 0 Å². The van der Waals surface area contributed by atoms with E-state index in [0.717, 1.165) is 36.6 Å². The molecule has 25 heavy (non-hydrogen) atoms. The van der Waals surface area contributed by atoms with Crippen LogP contribution < -0.4 is 4.90 Å². The highest BCUT2D eigenvalue weighted by molar-refractivity contribution is 7.71. The maximum absolute atomic E-state index is 10.7. The quantitative estimate of drug-likeness (QED) is 0.463. The van der Waals surface area contributed by atoms with Crippen molar-refractivity contribution in [2.75, 3.05) is 31.1 Å². The zero-order valence-corrected chi connectivity index (χ0v) is 15.2. The molecule has 1 fully saturated rings. The second-order valence-corrected chi connectivity index (χ2v) is 6.80. The molecule has 1 aliphatic rings. The average Bonchev–Trinajstić information content (AvgIpc) is 2.96. The van der Waals surface area contributed by atoms with Gasteiger partial charge in [0.1, 0.15) is 6.33 Å². The molecule has 2 aromatic rings. The van der Waals surface area contributed by atoms with Gasteiger partial charge >= 0.3 is 0 Å². The van der Waals surface area contributed by atoms with Crippen molar-refractivity contribution in [3.63, 3.8) is 0 Å². The van der Waals surface area contributed by atoms with E-state index >= 15 is 0 Å². The van der Waals surface area contributed by atoms with Crippen molar-refractivity contribution in [2.24, 2.45) is 0 Å². The highest BCUT2D eigenvalue weighted by Crippen LogP contribution is 2.20. The van der Waals surface area contributed by atoms with Crippen LogP contribution in [0.2, 0.25) is 0 Å². The zero-order chi connectivity index (χ0) is 18.0. The smallest absolute Gasteiger partial charge is 0.269 e. The molecule has 134 valence electrons. The molecule has 0 saturated carbocycles. The second-order valence-electron chi connectivity index (χ2n) is 6.43. The Morgan fingerprint density at radius 2 is 1.84 bits per heavy atom. The van der Waals surface area contributed by atoms with Crippen molar-refractivity contribution in [1.82, 2.24) is 19.2 Å². The molecule has 1 aliphatic heterocycles. The number of hydrogen-bond acceptors (Lipinski definition) is 6. The van der Waals surface area contributed by atoms with E-state index in [-0.39, 0.29) is 10.6 Å². The van der Waals surface area contributed by atoms with Crippen molar-refractivity contribution in [3.05, 3.63) is 45.5 Å². The molecule has 8 nitrogen and oxygen atoms in total. The fraction of sp³-hybridized carbons (Fsp3) is 0.500. The predicted molar refractivity (Wildman–Crippen MR) is 98.3 cm³/mol. The van der Waals surface area contributed by atoms with E-state index in [0.29, 0.717) is 12.7 Å². The monoisotopic (exact) mass is 362 g/mol. The van der Waals surface area contributed by atoms with Gasteiger partial charge in [-0.25, -0.2) is 4.68 Å². The van der Waals surface area contributed by atoms with E-state index in [2.05, 4.69) is 28.7 Å². The first-order valence-electron chi connectivity index (χ1n) is 8.31. The fourth-order valence-corrected chi connectivity index (χ4v) is 3.29. The third-order valence-electron chi connectivity index (χ3n) is 4.45. The van der Waals surface area contributed by atoms with Gasteiger partial charge in [-0.05, 0) is 38.2 Å². The molecule has 0 spiro atoms. The van der Waals surface area contributed by atoms with Crippen LogP contribution in [0.25, 0.3) is 0 Å². The molecule has 1 aromatic carbocycles. The first-order chi connectivity index (χ1) is 12.0. The Morgan fingerprint density at radius 3 is 2.36 bits per heavy atom. The number of piperazine rings is 1. The fourth-order valence-electron chi connectivity index (χ4n) is 2.92. The van der Waals surface area contributed by atoms with Crippen LogP contribution in [0.4, 0.5) is 11.4 Å². The number of nitro benzene ring substituents is 1. The van der Waals surface area contributed by atoms with E-state index in [1.165, 1.54) is 0 Å². The minimum Gasteiger partial charge on any atom is -0.369 e. The highest BCUT2D eigenvalue weighted by atomic mass is 32.1. The summed E-state index contributed by atoms with van der Waals surface area (Å²) in [5, 5.41) is 15.1. The molecule has 1 saturated heterocycles. The lowest BCUT2D eigenvalue weighted by molar-refractivity contribution is -0.384. The lowest BCUT2D eigenvalue weighted by Gasteiger charge is -2.35. The standard InChI is InChI=1S/C16H22N6O2S/c1-13(2)20-11-17-21(16(20)25)12-18-7-9-19(10-8-18)14-3-5-15(6-4-14)22(23)24/h3-6,11,13H,7-10,12H2,1-2H3. The molecular weight excluding hydrogens is 340 g/mol. The number of benzene rings is 1. The first-order valence-corrected chi connectivity index (χ1v) is 8.72. The summed E-state index contributed by atoms with van der Waals surface area (Å²) in [6, 6.07) is 7.04. The van der Waals surface area contributed by atoms with Crippen LogP contribution in [-0.2, 0) is 6.67 Å². The minimum atomic E-state index is -0.373. The summed E-state index contributed by atoms with van der Waals surface area (Å²) in [5.74, 6) is 0. The molecule has 9 heteroatoms. The largest absolute Gasteiger partial charge is 0.369 e. The van der Waals surface area contributed by atoms with Gasteiger partial charge in [-0.3, -0.25) is 15.0 Å². The van der Waals surface area contributed by atoms with Crippen molar-refractivity contribution < 1.29 is 4.92 Å². The maximum Gasteiger partial charge on any atom is 0.269 e. The Morgan fingerprint density at radius 1 is 1.20 bits per heavy atom. The normalized spacial score (nSPS) is 15.7. The van der Waals surface area contributed by atoms with Crippen LogP contribution in [0, 0.1) is 14.9 Å². The van der Waals surface area contributed by atoms with E-state index in [1.807, 2.05) is 21.4 Å². The molecule has 1 aromatic heterocycles. The van der Waals surface area contributed by atoms with Gasteiger partial charge in [-0.1, -0.05) is 0 Å². The summed E-state index contributed by atoms with van der Waals surface area (Å²) < 4.78 is 4.59. The summed E-state index contributed by atoms with van der Waals surface area (Å²) in [7, 11) is 0. The van der Waals surface area contributed by atoms with E-state index in [1.54, 1.807) is 18.5 Å². The summed E-state index contributed by atoms with van der Waals surface area (Å²) in [4.78, 5) is 14.9. The molecular formula is C16H22N6O2S. The molecule has 0 atom stereocenters.